The SMILES string of the molecule is COc1ccccc1CN(C(=O)C1=CCNC=C1)c1cc(Cl)cc(Cl)c1. The van der Waals surface area contributed by atoms with Crippen molar-refractivity contribution in [3.63, 3.8) is 0 Å². The third kappa shape index (κ3) is 4.21. The van der Waals surface area contributed by atoms with Crippen LogP contribution in [0, 0.1) is 0 Å². The first-order valence-electron chi connectivity index (χ1n) is 8.08. The lowest BCUT2D eigenvalue weighted by molar-refractivity contribution is -0.115. The highest BCUT2D eigenvalue weighted by atomic mass is 35.5. The summed E-state index contributed by atoms with van der Waals surface area (Å²) < 4.78 is 5.43. The Labute approximate surface area is 162 Å². The Hall–Kier alpha value is -2.43. The Kier molecular flexibility index (Phi) is 5.86. The molecular formula is C20H18Cl2N2O2. The Morgan fingerprint density at radius 3 is 2.58 bits per heavy atom. The topological polar surface area (TPSA) is 41.6 Å². The molecule has 0 aliphatic carbocycles. The largest absolute Gasteiger partial charge is 0.496 e. The zero-order valence-corrected chi connectivity index (χ0v) is 15.7. The second-order valence-corrected chi connectivity index (χ2v) is 6.60. The molecule has 1 heterocycles. The fraction of sp³-hybridized carbons (Fsp3) is 0.150. The summed E-state index contributed by atoms with van der Waals surface area (Å²) in [4.78, 5) is 14.8. The number of rotatable bonds is 5. The Morgan fingerprint density at radius 2 is 1.92 bits per heavy atom. The van der Waals surface area contributed by atoms with Crippen molar-refractivity contribution >= 4 is 34.8 Å². The average Bonchev–Trinajstić information content (AvgIpc) is 2.65. The molecule has 4 nitrogen and oxygen atoms in total. The summed E-state index contributed by atoms with van der Waals surface area (Å²) in [5.74, 6) is 0.584. The van der Waals surface area contributed by atoms with Gasteiger partial charge in [0.15, 0.2) is 0 Å². The lowest BCUT2D eigenvalue weighted by Crippen LogP contribution is -2.32. The maximum atomic E-state index is 13.2. The number of ether oxygens (including phenoxy) is 1. The third-order valence-corrected chi connectivity index (χ3v) is 4.43. The number of hydrogen-bond donors (Lipinski definition) is 1. The maximum Gasteiger partial charge on any atom is 0.258 e. The van der Waals surface area contributed by atoms with E-state index in [1.54, 1.807) is 42.5 Å². The highest BCUT2D eigenvalue weighted by molar-refractivity contribution is 6.35. The van der Waals surface area contributed by atoms with Gasteiger partial charge in [-0.3, -0.25) is 4.79 Å². The van der Waals surface area contributed by atoms with E-state index in [2.05, 4.69) is 5.32 Å². The summed E-state index contributed by atoms with van der Waals surface area (Å²) in [6, 6.07) is 12.7. The van der Waals surface area contributed by atoms with E-state index in [4.69, 9.17) is 27.9 Å². The second kappa shape index (κ2) is 8.30. The van der Waals surface area contributed by atoms with Gasteiger partial charge >= 0.3 is 0 Å². The Bertz CT molecular complexity index is 858. The molecule has 26 heavy (non-hydrogen) atoms. The summed E-state index contributed by atoms with van der Waals surface area (Å²) in [6.45, 7) is 0.939. The number of dihydropyridines is 1. The van der Waals surface area contributed by atoms with Crippen molar-refractivity contribution in [1.29, 1.82) is 0 Å². The first-order chi connectivity index (χ1) is 12.6. The molecule has 0 atom stereocenters. The number of benzene rings is 2. The van der Waals surface area contributed by atoms with Gasteiger partial charge in [0.05, 0.1) is 13.7 Å². The molecule has 0 spiro atoms. The lowest BCUT2D eigenvalue weighted by Gasteiger charge is -2.25. The van der Waals surface area contributed by atoms with Gasteiger partial charge in [0.2, 0.25) is 0 Å². The predicted molar refractivity (Wildman–Crippen MR) is 106 cm³/mol. The van der Waals surface area contributed by atoms with E-state index in [0.717, 1.165) is 5.56 Å². The van der Waals surface area contributed by atoms with E-state index in [1.165, 1.54) is 0 Å². The quantitative estimate of drug-likeness (QED) is 0.814. The molecule has 3 rings (SSSR count). The van der Waals surface area contributed by atoms with Crippen molar-refractivity contribution in [3.8, 4) is 5.75 Å². The average molecular weight is 389 g/mol. The second-order valence-electron chi connectivity index (χ2n) is 5.73. The first-order valence-corrected chi connectivity index (χ1v) is 8.84. The van der Waals surface area contributed by atoms with Crippen LogP contribution in [0.5, 0.6) is 5.75 Å². The molecule has 1 aliphatic rings. The van der Waals surface area contributed by atoms with Gasteiger partial charge in [-0.1, -0.05) is 47.5 Å². The molecule has 1 aliphatic heterocycles. The van der Waals surface area contributed by atoms with Gasteiger partial charge in [-0.05, 0) is 36.5 Å². The van der Waals surface area contributed by atoms with Crippen molar-refractivity contribution in [2.24, 2.45) is 0 Å². The number of nitrogens with zero attached hydrogens (tertiary/aromatic N) is 1. The van der Waals surface area contributed by atoms with E-state index in [1.807, 2.05) is 30.3 Å². The van der Waals surface area contributed by atoms with Crippen molar-refractivity contribution in [2.45, 2.75) is 6.54 Å². The van der Waals surface area contributed by atoms with E-state index >= 15 is 0 Å². The van der Waals surface area contributed by atoms with Gasteiger partial charge in [0.1, 0.15) is 5.75 Å². The van der Waals surface area contributed by atoms with Crippen molar-refractivity contribution < 1.29 is 9.53 Å². The van der Waals surface area contributed by atoms with E-state index in [-0.39, 0.29) is 5.91 Å². The number of halogens is 2. The van der Waals surface area contributed by atoms with Gasteiger partial charge in [-0.25, -0.2) is 0 Å². The fourth-order valence-electron chi connectivity index (χ4n) is 2.75. The molecule has 0 unspecified atom stereocenters. The summed E-state index contributed by atoms with van der Waals surface area (Å²) in [7, 11) is 1.61. The normalized spacial score (nSPS) is 13.0. The van der Waals surface area contributed by atoms with E-state index < -0.39 is 0 Å². The predicted octanol–water partition coefficient (Wildman–Crippen LogP) is 4.58. The highest BCUT2D eigenvalue weighted by Gasteiger charge is 2.22. The molecule has 1 N–H and O–H groups in total. The molecule has 1 amide bonds. The smallest absolute Gasteiger partial charge is 0.258 e. The van der Waals surface area contributed by atoms with E-state index in [0.29, 0.717) is 40.1 Å². The van der Waals surface area contributed by atoms with Gasteiger partial charge in [-0.2, -0.15) is 0 Å². The van der Waals surface area contributed by atoms with Crippen LogP contribution in [0.15, 0.2) is 66.4 Å². The van der Waals surface area contributed by atoms with E-state index in [9.17, 15) is 4.79 Å². The molecular weight excluding hydrogens is 371 g/mol. The molecule has 0 saturated heterocycles. The molecule has 0 fully saturated rings. The monoisotopic (exact) mass is 388 g/mol. The number of nitrogens with one attached hydrogen (secondary N) is 1. The van der Waals surface area contributed by atoms with Crippen LogP contribution in [0.3, 0.4) is 0 Å². The summed E-state index contributed by atoms with van der Waals surface area (Å²) in [6.07, 6.45) is 5.37. The van der Waals surface area contributed by atoms with Gasteiger partial charge in [-0.15, -0.1) is 0 Å². The molecule has 0 aromatic heterocycles. The van der Waals surface area contributed by atoms with Crippen LogP contribution in [0.2, 0.25) is 10.0 Å². The van der Waals surface area contributed by atoms with Crippen LogP contribution < -0.4 is 15.0 Å². The number of carbonyl (C=O) groups is 1. The summed E-state index contributed by atoms with van der Waals surface area (Å²) in [5.41, 5.74) is 2.12. The van der Waals surface area contributed by atoms with Crippen molar-refractivity contribution in [1.82, 2.24) is 5.32 Å². The van der Waals surface area contributed by atoms with Crippen LogP contribution in [0.4, 0.5) is 5.69 Å². The van der Waals surface area contributed by atoms with Crippen LogP contribution in [0.25, 0.3) is 0 Å². The van der Waals surface area contributed by atoms with Crippen LogP contribution >= 0.6 is 23.2 Å². The number of carbonyl (C=O) groups excluding carboxylic acids is 1. The first kappa shape index (κ1) is 18.4. The standard InChI is InChI=1S/C20H18Cl2N2O2/c1-26-19-5-3-2-4-15(19)13-24(18-11-16(21)10-17(22)12-18)20(25)14-6-8-23-9-7-14/h2-8,10-12,23H,9,13H2,1H3. The Balaban J connectivity index is 2.02. The van der Waals surface area contributed by atoms with Gasteiger partial charge < -0.3 is 15.0 Å². The van der Waals surface area contributed by atoms with Crippen molar-refractivity contribution in [3.05, 3.63) is 82.0 Å². The van der Waals surface area contributed by atoms with Crippen LogP contribution in [-0.2, 0) is 11.3 Å². The molecule has 0 bridgehead atoms. The number of para-hydroxylation sites is 1. The molecule has 0 saturated carbocycles. The van der Waals surface area contributed by atoms with Gasteiger partial charge in [0.25, 0.3) is 5.91 Å². The summed E-state index contributed by atoms with van der Waals surface area (Å²) >= 11 is 12.3. The highest BCUT2D eigenvalue weighted by Crippen LogP contribution is 2.30. The number of anilines is 1. The van der Waals surface area contributed by atoms with Crippen LogP contribution in [-0.4, -0.2) is 19.6 Å². The maximum absolute atomic E-state index is 13.2. The zero-order valence-electron chi connectivity index (χ0n) is 14.2. The molecule has 2 aromatic rings. The fourth-order valence-corrected chi connectivity index (χ4v) is 3.26. The molecule has 0 radical (unpaired) electrons. The molecule has 2 aromatic carbocycles. The van der Waals surface area contributed by atoms with Crippen molar-refractivity contribution in [2.75, 3.05) is 18.6 Å². The number of hydrogen-bond acceptors (Lipinski definition) is 3. The minimum Gasteiger partial charge on any atom is -0.496 e. The Morgan fingerprint density at radius 1 is 1.19 bits per heavy atom. The van der Waals surface area contributed by atoms with Gasteiger partial charge in [0, 0.05) is 33.4 Å². The van der Waals surface area contributed by atoms with Crippen LogP contribution in [0.1, 0.15) is 5.56 Å². The molecule has 6 heteroatoms. The number of amides is 1. The summed E-state index contributed by atoms with van der Waals surface area (Å²) in [5, 5.41) is 3.99. The lowest BCUT2D eigenvalue weighted by atomic mass is 10.1. The number of methoxy groups -OCH3 is 1. The zero-order chi connectivity index (χ0) is 18.5. The molecule has 134 valence electrons. The third-order valence-electron chi connectivity index (χ3n) is 3.99. The minimum absolute atomic E-state index is 0.132. The minimum atomic E-state index is -0.132.